The monoisotopic (exact) mass is 453 g/mol. The minimum absolute atomic E-state index is 0.109. The Bertz CT molecular complexity index is 1420. The van der Waals surface area contributed by atoms with Crippen LogP contribution < -0.4 is 15.1 Å². The minimum Gasteiger partial charge on any atom is -0.494 e. The number of fused-ring (bicyclic) bond motifs is 2. The van der Waals surface area contributed by atoms with Crippen LogP contribution in [0, 0.1) is 13.8 Å². The third-order valence-electron chi connectivity index (χ3n) is 6.48. The standard InChI is InChI=1S/C29H27NO4/c1-4-5-15-33-22-13-11-20(12-14-22)26-25-27(31)23-16-18(2)19(3)17-24(23)34-28(25)29(32)30(26)21-9-7-6-8-10-21/h6-14,16-17,26H,4-5,15H2,1-3H3. The fourth-order valence-corrected chi connectivity index (χ4v) is 4.48. The lowest BCUT2D eigenvalue weighted by Crippen LogP contribution is -2.29. The molecular formula is C29H27NO4. The molecule has 1 atom stereocenters. The van der Waals surface area contributed by atoms with E-state index in [0.29, 0.717) is 28.8 Å². The van der Waals surface area contributed by atoms with E-state index in [2.05, 4.69) is 6.92 Å². The van der Waals surface area contributed by atoms with Gasteiger partial charge in [0.05, 0.1) is 23.6 Å². The number of carbonyl (C=O) groups excluding carboxylic acids is 1. The van der Waals surface area contributed by atoms with E-state index in [1.165, 1.54) is 0 Å². The van der Waals surface area contributed by atoms with Crippen LogP contribution in [0.1, 0.15) is 58.6 Å². The first-order valence-electron chi connectivity index (χ1n) is 11.7. The SMILES string of the molecule is CCCCOc1ccc(C2c3c(oc4cc(C)c(C)cc4c3=O)C(=O)N2c2ccccc2)cc1. The number of nitrogens with zero attached hydrogens (tertiary/aromatic N) is 1. The molecule has 0 bridgehead atoms. The smallest absolute Gasteiger partial charge is 0.295 e. The van der Waals surface area contributed by atoms with Crippen molar-refractivity contribution in [2.45, 2.75) is 39.7 Å². The molecular weight excluding hydrogens is 426 g/mol. The first kappa shape index (κ1) is 22.0. The topological polar surface area (TPSA) is 59.8 Å². The molecule has 0 spiro atoms. The molecule has 5 nitrogen and oxygen atoms in total. The van der Waals surface area contributed by atoms with Crippen molar-refractivity contribution in [3.8, 4) is 5.75 Å². The Balaban J connectivity index is 1.68. The zero-order valence-corrected chi connectivity index (χ0v) is 19.6. The van der Waals surface area contributed by atoms with Gasteiger partial charge in [0.15, 0.2) is 5.43 Å². The highest BCUT2D eigenvalue weighted by atomic mass is 16.5. The van der Waals surface area contributed by atoms with Gasteiger partial charge in [-0.2, -0.15) is 0 Å². The molecule has 0 saturated carbocycles. The Morgan fingerprint density at radius 1 is 0.941 bits per heavy atom. The summed E-state index contributed by atoms with van der Waals surface area (Å²) in [6, 6.07) is 20.2. The highest BCUT2D eigenvalue weighted by molar-refractivity contribution is 6.10. The highest BCUT2D eigenvalue weighted by Gasteiger charge is 2.43. The molecule has 5 heteroatoms. The van der Waals surface area contributed by atoms with Crippen molar-refractivity contribution in [3.05, 3.63) is 105 Å². The van der Waals surface area contributed by atoms with Gasteiger partial charge in [0.25, 0.3) is 5.91 Å². The van der Waals surface area contributed by atoms with E-state index in [1.807, 2.05) is 80.6 Å². The van der Waals surface area contributed by atoms with Crippen molar-refractivity contribution >= 4 is 22.6 Å². The number of amides is 1. The predicted octanol–water partition coefficient (Wildman–Crippen LogP) is 6.34. The summed E-state index contributed by atoms with van der Waals surface area (Å²) in [4.78, 5) is 29.1. The van der Waals surface area contributed by atoms with Gasteiger partial charge in [0, 0.05) is 5.69 Å². The molecule has 1 aromatic heterocycles. The molecule has 3 aromatic carbocycles. The van der Waals surface area contributed by atoms with Gasteiger partial charge in [0.1, 0.15) is 11.3 Å². The molecule has 4 aromatic rings. The molecule has 1 amide bonds. The van der Waals surface area contributed by atoms with Gasteiger partial charge in [0.2, 0.25) is 5.76 Å². The van der Waals surface area contributed by atoms with Gasteiger partial charge in [-0.1, -0.05) is 43.7 Å². The Morgan fingerprint density at radius 3 is 2.35 bits per heavy atom. The number of carbonyl (C=O) groups is 1. The Kier molecular flexibility index (Phi) is 5.70. The summed E-state index contributed by atoms with van der Waals surface area (Å²) in [7, 11) is 0. The molecule has 0 saturated heterocycles. The Hall–Kier alpha value is -3.86. The van der Waals surface area contributed by atoms with Crippen LogP contribution >= 0.6 is 0 Å². The number of hydrogen-bond donors (Lipinski definition) is 0. The number of anilines is 1. The van der Waals surface area contributed by atoms with Crippen molar-refractivity contribution in [2.75, 3.05) is 11.5 Å². The lowest BCUT2D eigenvalue weighted by Gasteiger charge is -2.25. The first-order chi connectivity index (χ1) is 16.5. The number of para-hydroxylation sites is 1. The molecule has 34 heavy (non-hydrogen) atoms. The number of ether oxygens (including phenoxy) is 1. The van der Waals surface area contributed by atoms with E-state index in [1.54, 1.807) is 4.90 Å². The van der Waals surface area contributed by atoms with Crippen LogP contribution in [-0.2, 0) is 0 Å². The summed E-state index contributed by atoms with van der Waals surface area (Å²) in [5.41, 5.74) is 4.21. The average Bonchev–Trinajstić information content (AvgIpc) is 3.14. The van der Waals surface area contributed by atoms with Crippen LogP contribution in [0.5, 0.6) is 5.75 Å². The van der Waals surface area contributed by atoms with E-state index in [-0.39, 0.29) is 17.1 Å². The summed E-state index contributed by atoms with van der Waals surface area (Å²) < 4.78 is 11.9. The molecule has 1 unspecified atom stereocenters. The highest BCUT2D eigenvalue weighted by Crippen LogP contribution is 2.41. The van der Waals surface area contributed by atoms with Crippen LogP contribution in [0.4, 0.5) is 5.69 Å². The van der Waals surface area contributed by atoms with Crippen LogP contribution in [0.3, 0.4) is 0 Å². The van der Waals surface area contributed by atoms with Crippen molar-refractivity contribution in [1.29, 1.82) is 0 Å². The van der Waals surface area contributed by atoms with Crippen molar-refractivity contribution in [2.24, 2.45) is 0 Å². The third-order valence-corrected chi connectivity index (χ3v) is 6.48. The second kappa shape index (κ2) is 8.82. The lowest BCUT2D eigenvalue weighted by molar-refractivity contribution is 0.0971. The summed E-state index contributed by atoms with van der Waals surface area (Å²) in [6.45, 7) is 6.72. The van der Waals surface area contributed by atoms with Gasteiger partial charge < -0.3 is 9.15 Å². The fourth-order valence-electron chi connectivity index (χ4n) is 4.48. The van der Waals surface area contributed by atoms with Crippen molar-refractivity contribution in [1.82, 2.24) is 0 Å². The zero-order chi connectivity index (χ0) is 23.8. The Morgan fingerprint density at radius 2 is 1.65 bits per heavy atom. The molecule has 0 fully saturated rings. The number of rotatable bonds is 6. The maximum Gasteiger partial charge on any atom is 0.295 e. The summed E-state index contributed by atoms with van der Waals surface area (Å²) in [6.07, 6.45) is 2.05. The normalized spacial score (nSPS) is 15.1. The van der Waals surface area contributed by atoms with Gasteiger partial charge in [-0.25, -0.2) is 0 Å². The molecule has 2 heterocycles. The molecule has 1 aliphatic rings. The maximum atomic E-state index is 13.8. The molecule has 0 aliphatic carbocycles. The van der Waals surface area contributed by atoms with Crippen LogP contribution in [-0.4, -0.2) is 12.5 Å². The van der Waals surface area contributed by atoms with Crippen LogP contribution in [0.15, 0.2) is 75.9 Å². The van der Waals surface area contributed by atoms with Crippen LogP contribution in [0.2, 0.25) is 0 Å². The van der Waals surface area contributed by atoms with E-state index >= 15 is 0 Å². The predicted molar refractivity (Wildman–Crippen MR) is 134 cm³/mol. The number of aryl methyl sites for hydroxylation is 2. The summed E-state index contributed by atoms with van der Waals surface area (Å²) >= 11 is 0. The van der Waals surface area contributed by atoms with Gasteiger partial charge in [-0.05, 0) is 73.4 Å². The molecule has 1 aliphatic heterocycles. The number of benzene rings is 3. The number of unbranched alkanes of at least 4 members (excludes halogenated alkanes) is 1. The fraction of sp³-hybridized carbons (Fsp3) is 0.241. The lowest BCUT2D eigenvalue weighted by atomic mass is 9.97. The molecule has 172 valence electrons. The largest absolute Gasteiger partial charge is 0.494 e. The van der Waals surface area contributed by atoms with E-state index in [9.17, 15) is 9.59 Å². The zero-order valence-electron chi connectivity index (χ0n) is 19.6. The second-order valence-electron chi connectivity index (χ2n) is 8.79. The quantitative estimate of drug-likeness (QED) is 0.320. The molecule has 5 rings (SSSR count). The van der Waals surface area contributed by atoms with Crippen molar-refractivity contribution in [3.63, 3.8) is 0 Å². The maximum absolute atomic E-state index is 13.8. The van der Waals surface area contributed by atoms with Gasteiger partial charge in [-0.15, -0.1) is 0 Å². The van der Waals surface area contributed by atoms with E-state index < -0.39 is 6.04 Å². The summed E-state index contributed by atoms with van der Waals surface area (Å²) in [5, 5.41) is 0.495. The Labute approximate surface area is 198 Å². The van der Waals surface area contributed by atoms with Crippen molar-refractivity contribution < 1.29 is 13.9 Å². The average molecular weight is 454 g/mol. The van der Waals surface area contributed by atoms with E-state index in [4.69, 9.17) is 9.15 Å². The minimum atomic E-state index is -0.586. The third kappa shape index (κ3) is 3.67. The van der Waals surface area contributed by atoms with Gasteiger partial charge >= 0.3 is 0 Å². The number of hydrogen-bond acceptors (Lipinski definition) is 4. The molecule has 0 N–H and O–H groups in total. The summed E-state index contributed by atoms with van der Waals surface area (Å²) in [5.74, 6) is 0.564. The van der Waals surface area contributed by atoms with Crippen LogP contribution in [0.25, 0.3) is 11.0 Å². The first-order valence-corrected chi connectivity index (χ1v) is 11.7. The van der Waals surface area contributed by atoms with Gasteiger partial charge in [-0.3, -0.25) is 14.5 Å². The van der Waals surface area contributed by atoms with E-state index in [0.717, 1.165) is 35.3 Å². The second-order valence-corrected chi connectivity index (χ2v) is 8.79. The molecule has 0 radical (unpaired) electrons.